The van der Waals surface area contributed by atoms with Gasteiger partial charge in [0.1, 0.15) is 0 Å². The van der Waals surface area contributed by atoms with Gasteiger partial charge in [0.25, 0.3) is 6.71 Å². The maximum absolute atomic E-state index is 10.8. The van der Waals surface area contributed by atoms with Crippen LogP contribution in [0.2, 0.25) is 0 Å². The number of rotatable bonds is 1. The van der Waals surface area contributed by atoms with Crippen molar-refractivity contribution >= 4 is 79.0 Å². The first-order valence-corrected chi connectivity index (χ1v) is 21.3. The summed E-state index contributed by atoms with van der Waals surface area (Å²) in [5.41, 5.74) is -1.91. The Morgan fingerprint density at radius 2 is 1.10 bits per heavy atom. The molecule has 0 saturated carbocycles. The van der Waals surface area contributed by atoms with E-state index in [1.54, 1.807) is 4.90 Å². The molecule has 3 nitrogen and oxygen atoms in total. The van der Waals surface area contributed by atoms with Crippen molar-refractivity contribution in [1.82, 2.24) is 4.57 Å². The zero-order valence-electron chi connectivity index (χ0n) is 53.2. The van der Waals surface area contributed by atoms with Gasteiger partial charge < -0.3 is 14.4 Å². The molecule has 7 aromatic rings. The first kappa shape index (κ1) is 23.1. The van der Waals surface area contributed by atoms with Crippen LogP contribution in [0.4, 0.5) is 34.1 Å². The van der Waals surface area contributed by atoms with Gasteiger partial charge in [-0.3, -0.25) is 0 Å². The van der Waals surface area contributed by atoms with Crippen molar-refractivity contribution in [2.45, 2.75) is 129 Å². The molecule has 6 aromatic carbocycles. The molecule has 300 valence electrons. The van der Waals surface area contributed by atoms with E-state index in [9.17, 15) is 20.6 Å². The quantitative estimate of drug-likeness (QED) is 0.153. The van der Waals surface area contributed by atoms with Crippen LogP contribution in [0.25, 0.3) is 27.5 Å². The number of anilines is 6. The van der Waals surface area contributed by atoms with Gasteiger partial charge in [0.15, 0.2) is 0 Å². The summed E-state index contributed by atoms with van der Waals surface area (Å²) < 4.78 is 170. The largest absolute Gasteiger partial charge is 0.311 e. The van der Waals surface area contributed by atoms with E-state index in [0.29, 0.717) is 47.9 Å². The van der Waals surface area contributed by atoms with Crippen molar-refractivity contribution in [2.75, 3.05) is 9.80 Å². The van der Waals surface area contributed by atoms with Gasteiger partial charge in [-0.25, -0.2) is 0 Å². The summed E-state index contributed by atoms with van der Waals surface area (Å²) in [7, 11) is 0. The van der Waals surface area contributed by atoms with Crippen LogP contribution in [0.1, 0.15) is 153 Å². The Morgan fingerprint density at radius 1 is 0.517 bits per heavy atom. The maximum Gasteiger partial charge on any atom is 0.252 e. The number of hydrogen-bond donors (Lipinski definition) is 0. The molecule has 4 heteroatoms. The van der Waals surface area contributed by atoms with Gasteiger partial charge in [0.05, 0.1) is 51.4 Å². The fourth-order valence-corrected chi connectivity index (χ4v) is 10.7. The second-order valence-electron chi connectivity index (χ2n) is 21.4. The van der Waals surface area contributed by atoms with Gasteiger partial charge in [-0.15, -0.1) is 0 Å². The second-order valence-corrected chi connectivity index (χ2v) is 21.4. The third-order valence-electron chi connectivity index (χ3n) is 14.5. The highest BCUT2D eigenvalue weighted by Crippen LogP contribution is 2.55. The molecule has 0 unspecified atom stereocenters. The van der Waals surface area contributed by atoms with Crippen molar-refractivity contribution < 1.29 is 23.3 Å². The number of aromatic nitrogens is 1. The second kappa shape index (κ2) is 11.4. The van der Waals surface area contributed by atoms with E-state index in [4.69, 9.17) is 2.74 Å². The summed E-state index contributed by atoms with van der Waals surface area (Å²) in [5, 5.41) is -0.302. The molecule has 0 amide bonds. The van der Waals surface area contributed by atoms with Crippen molar-refractivity contribution in [1.29, 1.82) is 0 Å². The van der Waals surface area contributed by atoms with Crippen LogP contribution >= 0.6 is 0 Å². The predicted octanol–water partition coefficient (Wildman–Crippen LogP) is 13.2. The van der Waals surface area contributed by atoms with E-state index >= 15 is 0 Å². The molecular weight excluding hydrogens is 725 g/mol. The van der Waals surface area contributed by atoms with Crippen molar-refractivity contribution in [3.05, 3.63) is 131 Å². The van der Waals surface area contributed by atoms with Crippen LogP contribution in [0.5, 0.6) is 0 Å². The Labute approximate surface area is 381 Å². The van der Waals surface area contributed by atoms with E-state index < -0.39 is 94.2 Å². The molecule has 0 bridgehead atoms. The van der Waals surface area contributed by atoms with E-state index in [1.165, 1.54) is 9.47 Å². The molecule has 0 saturated heterocycles. The van der Waals surface area contributed by atoms with E-state index in [-0.39, 0.29) is 126 Å². The lowest BCUT2D eigenvalue weighted by Crippen LogP contribution is -2.62. The fourth-order valence-electron chi connectivity index (χ4n) is 10.7. The van der Waals surface area contributed by atoms with Crippen LogP contribution in [0.15, 0.2) is 103 Å². The molecule has 0 radical (unpaired) electrons. The maximum atomic E-state index is 10.8. The van der Waals surface area contributed by atoms with Gasteiger partial charge in [-0.1, -0.05) is 131 Å². The highest BCUT2D eigenvalue weighted by molar-refractivity contribution is 7.00. The molecule has 5 aliphatic rings. The highest BCUT2D eigenvalue weighted by atomic mass is 15.2. The molecule has 4 heterocycles. The summed E-state index contributed by atoms with van der Waals surface area (Å²) in [4.78, 5) is 3.02. The smallest absolute Gasteiger partial charge is 0.252 e. The first-order valence-electron chi connectivity index (χ1n) is 29.8. The molecule has 0 spiro atoms. The van der Waals surface area contributed by atoms with Crippen molar-refractivity contribution in [3.63, 3.8) is 0 Å². The van der Waals surface area contributed by atoms with Crippen molar-refractivity contribution in [3.8, 4) is 5.69 Å². The summed E-state index contributed by atoms with van der Waals surface area (Å²) in [6, 6.07) is -6.84. The minimum absolute atomic E-state index is 0.00172. The Morgan fingerprint density at radius 3 is 1.80 bits per heavy atom. The predicted molar refractivity (Wildman–Crippen MR) is 258 cm³/mol. The van der Waals surface area contributed by atoms with Gasteiger partial charge in [-0.05, 0) is 145 Å². The molecule has 0 fully saturated rings. The van der Waals surface area contributed by atoms with Crippen LogP contribution in [-0.4, -0.2) is 11.3 Å². The molecule has 1 aromatic heterocycles. The average Bonchev–Trinajstić information content (AvgIpc) is 3.97. The number of hydrogen-bond acceptors (Lipinski definition) is 2. The lowest BCUT2D eigenvalue weighted by Gasteiger charge is -2.49. The zero-order chi connectivity index (χ0) is 56.4. The number of nitrogens with zero attached hydrogens (tertiary/aromatic N) is 3. The van der Waals surface area contributed by atoms with Crippen LogP contribution < -0.4 is 26.2 Å². The van der Waals surface area contributed by atoms with Gasteiger partial charge in [0, 0.05) is 33.5 Å². The van der Waals surface area contributed by atoms with E-state index in [2.05, 4.69) is 0 Å². The lowest BCUT2D eigenvalue weighted by molar-refractivity contribution is 0.332. The number of para-hydroxylation sites is 3. The van der Waals surface area contributed by atoms with Crippen LogP contribution in [-0.2, 0) is 27.1 Å². The third-order valence-corrected chi connectivity index (χ3v) is 14.5. The summed E-state index contributed by atoms with van der Waals surface area (Å²) >= 11 is 0. The molecular formula is C56H58BN3. The normalized spacial score (nSPS) is 23.4. The molecule has 60 heavy (non-hydrogen) atoms. The standard InChI is InChI=1S/C56H58BN3/c1-52(2,3)33-28-47-49-48(29-33)60-44-20-14-17-36-35-16-12-13-19-43(35)59(50(36)44)45-21-15-18-41(51(45)60)57(49)42-31-39-40(56(10,11)27-26-55(39,8)9)32-46(42)58(47)34-22-23-37-38(30-34)54(6,7)25-24-53(37,4)5/h12-23,28-32H,24-27H2,1-11H3/i12D,13D,14D,15D,16D,17D,18D,19D,20D,21D,22D,23D,28D,29D,30D,31D,32D. The van der Waals surface area contributed by atoms with Gasteiger partial charge in [-0.2, -0.15) is 0 Å². The van der Waals surface area contributed by atoms with E-state index in [0.717, 1.165) is 0 Å². The summed E-state index contributed by atoms with van der Waals surface area (Å²) in [6.07, 6.45) is 2.58. The minimum Gasteiger partial charge on any atom is -0.311 e. The molecule has 2 aliphatic carbocycles. The van der Waals surface area contributed by atoms with Crippen molar-refractivity contribution in [2.24, 2.45) is 0 Å². The van der Waals surface area contributed by atoms with Crippen LogP contribution in [0.3, 0.4) is 0 Å². The summed E-state index contributed by atoms with van der Waals surface area (Å²) in [5.74, 6) is 0. The molecule has 0 atom stereocenters. The average molecular weight is 801 g/mol. The Bertz CT molecular complexity index is 4030. The molecule has 3 aliphatic heterocycles. The zero-order valence-corrected chi connectivity index (χ0v) is 36.2. The molecule has 0 N–H and O–H groups in total. The van der Waals surface area contributed by atoms with Gasteiger partial charge >= 0.3 is 0 Å². The van der Waals surface area contributed by atoms with Gasteiger partial charge in [0.2, 0.25) is 0 Å². The van der Waals surface area contributed by atoms with Crippen LogP contribution in [0, 0.1) is 0 Å². The Kier molecular flexibility index (Phi) is 4.38. The topological polar surface area (TPSA) is 11.4 Å². The Hall–Kier alpha value is -5.22. The SMILES string of the molecule is [2H]c1c([2H])c2c3c(c1[2H])-n1c4c([2H])c([2H])c([2H])c([2H])c4c4c([2H])c([2H])c([2H])c(c41)N3c1c([2H])c(C(C)(C)C)c([2H])c3c1B2c1c([2H])c2c(c([2H])c1N3c1c([2H])c([2H])c3c(c1[2H])C(C)(C)CCC3(C)C)C(C)(C)CCC2(C)C. The Balaban J connectivity index is 1.41. The number of fused-ring (bicyclic) bond motifs is 11. The molecule has 12 rings (SSSR count). The van der Waals surface area contributed by atoms with E-state index in [1.807, 2.05) is 76.2 Å². The fraction of sp³-hybridized carbons (Fsp3) is 0.357. The highest BCUT2D eigenvalue weighted by Gasteiger charge is 2.49. The minimum atomic E-state index is -1.40. The third kappa shape index (κ3) is 4.63. The first-order chi connectivity index (χ1) is 35.5. The summed E-state index contributed by atoms with van der Waals surface area (Å²) in [6.45, 7) is 20.2. The number of benzene rings is 6. The lowest BCUT2D eigenvalue weighted by atomic mass is 9.33. The monoisotopic (exact) mass is 801 g/mol.